The van der Waals surface area contributed by atoms with E-state index in [9.17, 15) is 8.78 Å². The summed E-state index contributed by atoms with van der Waals surface area (Å²) in [6, 6.07) is 2.24. The van der Waals surface area contributed by atoms with Gasteiger partial charge in [0.05, 0.1) is 11.4 Å². The van der Waals surface area contributed by atoms with E-state index in [0.29, 0.717) is 11.6 Å². The van der Waals surface area contributed by atoms with Gasteiger partial charge >= 0.3 is 0 Å². The van der Waals surface area contributed by atoms with Gasteiger partial charge in [-0.1, -0.05) is 0 Å². The Balaban J connectivity index is 2.19. The van der Waals surface area contributed by atoms with Gasteiger partial charge in [0, 0.05) is 12.1 Å². The van der Waals surface area contributed by atoms with Crippen molar-refractivity contribution in [1.82, 2.24) is 0 Å². The molecular formula is C11H14F2N2. The molecule has 0 aliphatic heterocycles. The zero-order valence-corrected chi connectivity index (χ0v) is 8.56. The third-order valence-electron chi connectivity index (χ3n) is 2.81. The van der Waals surface area contributed by atoms with Gasteiger partial charge in [0.1, 0.15) is 5.82 Å². The van der Waals surface area contributed by atoms with E-state index >= 15 is 0 Å². The molecule has 0 saturated heterocycles. The summed E-state index contributed by atoms with van der Waals surface area (Å²) in [5.74, 6) is -0.705. The van der Waals surface area contributed by atoms with E-state index in [-0.39, 0.29) is 11.7 Å². The molecule has 0 heterocycles. The Morgan fingerprint density at radius 1 is 1.40 bits per heavy atom. The van der Waals surface area contributed by atoms with Crippen molar-refractivity contribution in [2.24, 2.45) is 5.92 Å². The fourth-order valence-corrected chi connectivity index (χ4v) is 1.66. The molecule has 1 aliphatic rings. The van der Waals surface area contributed by atoms with Crippen LogP contribution in [0.1, 0.15) is 19.8 Å². The third-order valence-corrected chi connectivity index (χ3v) is 2.81. The molecule has 2 nitrogen and oxygen atoms in total. The fraction of sp³-hybridized carbons (Fsp3) is 0.455. The Bertz CT molecular complexity index is 375. The lowest BCUT2D eigenvalue weighted by Crippen LogP contribution is -2.18. The van der Waals surface area contributed by atoms with Gasteiger partial charge in [-0.2, -0.15) is 0 Å². The lowest BCUT2D eigenvalue weighted by Gasteiger charge is -2.16. The monoisotopic (exact) mass is 212 g/mol. The minimum absolute atomic E-state index is 0.0103. The van der Waals surface area contributed by atoms with Gasteiger partial charge in [-0.25, -0.2) is 8.78 Å². The SMILES string of the molecule is CC(Nc1cc(F)cc(F)c1N)C1CC1. The first kappa shape index (κ1) is 10.2. The Hall–Kier alpha value is -1.32. The van der Waals surface area contributed by atoms with Gasteiger partial charge in [0.15, 0.2) is 5.82 Å². The van der Waals surface area contributed by atoms with E-state index in [1.54, 1.807) is 0 Å². The second-order valence-corrected chi connectivity index (χ2v) is 4.12. The van der Waals surface area contributed by atoms with Crippen molar-refractivity contribution in [2.75, 3.05) is 11.1 Å². The van der Waals surface area contributed by atoms with Gasteiger partial charge in [-0.05, 0) is 31.7 Å². The molecule has 0 bridgehead atoms. The van der Waals surface area contributed by atoms with Crippen LogP contribution in [0.4, 0.5) is 20.2 Å². The van der Waals surface area contributed by atoms with Crippen LogP contribution in [0.5, 0.6) is 0 Å². The van der Waals surface area contributed by atoms with Crippen LogP contribution in [-0.2, 0) is 0 Å². The maximum Gasteiger partial charge on any atom is 0.151 e. The number of anilines is 2. The minimum Gasteiger partial charge on any atom is -0.395 e. The average molecular weight is 212 g/mol. The molecule has 0 radical (unpaired) electrons. The molecule has 1 saturated carbocycles. The predicted octanol–water partition coefficient (Wildman–Crippen LogP) is 2.76. The number of nitrogen functional groups attached to an aromatic ring is 1. The van der Waals surface area contributed by atoms with Crippen molar-refractivity contribution in [3.8, 4) is 0 Å². The second-order valence-electron chi connectivity index (χ2n) is 4.12. The molecule has 15 heavy (non-hydrogen) atoms. The van der Waals surface area contributed by atoms with Crippen LogP contribution in [0.15, 0.2) is 12.1 Å². The van der Waals surface area contributed by atoms with Crippen molar-refractivity contribution < 1.29 is 8.78 Å². The number of hydrogen-bond donors (Lipinski definition) is 2. The van der Waals surface area contributed by atoms with Crippen molar-refractivity contribution in [3.63, 3.8) is 0 Å². The molecule has 1 aromatic carbocycles. The number of nitrogens with two attached hydrogens (primary N) is 1. The van der Waals surface area contributed by atoms with Crippen LogP contribution in [0.2, 0.25) is 0 Å². The van der Waals surface area contributed by atoms with Gasteiger partial charge < -0.3 is 11.1 Å². The van der Waals surface area contributed by atoms with Crippen LogP contribution in [0.25, 0.3) is 0 Å². The van der Waals surface area contributed by atoms with E-state index in [1.165, 1.54) is 18.9 Å². The second kappa shape index (κ2) is 3.68. The largest absolute Gasteiger partial charge is 0.395 e. The smallest absolute Gasteiger partial charge is 0.151 e. The summed E-state index contributed by atoms with van der Waals surface area (Å²) in [7, 11) is 0. The van der Waals surface area contributed by atoms with Gasteiger partial charge in [0.25, 0.3) is 0 Å². The normalized spacial score (nSPS) is 17.5. The lowest BCUT2D eigenvalue weighted by atomic mass is 10.2. The molecule has 1 unspecified atom stereocenters. The predicted molar refractivity (Wildman–Crippen MR) is 56.6 cm³/mol. The van der Waals surface area contributed by atoms with E-state index in [1.807, 2.05) is 6.92 Å². The lowest BCUT2D eigenvalue weighted by molar-refractivity contribution is 0.585. The summed E-state index contributed by atoms with van der Waals surface area (Å²) in [6.07, 6.45) is 2.34. The summed E-state index contributed by atoms with van der Waals surface area (Å²) in [4.78, 5) is 0. The maximum atomic E-state index is 13.1. The molecule has 0 aromatic heterocycles. The van der Waals surface area contributed by atoms with Gasteiger partial charge in [-0.3, -0.25) is 0 Å². The highest BCUT2D eigenvalue weighted by atomic mass is 19.1. The zero-order chi connectivity index (χ0) is 11.0. The summed E-state index contributed by atoms with van der Waals surface area (Å²) < 4.78 is 26.0. The first-order valence-corrected chi connectivity index (χ1v) is 5.09. The van der Waals surface area contributed by atoms with E-state index < -0.39 is 11.6 Å². The number of hydrogen-bond acceptors (Lipinski definition) is 2. The van der Waals surface area contributed by atoms with Crippen LogP contribution in [0, 0.1) is 17.6 Å². The van der Waals surface area contributed by atoms with Crippen molar-refractivity contribution in [3.05, 3.63) is 23.8 Å². The van der Waals surface area contributed by atoms with Gasteiger partial charge in [0.2, 0.25) is 0 Å². The topological polar surface area (TPSA) is 38.0 Å². The van der Waals surface area contributed by atoms with Crippen LogP contribution < -0.4 is 11.1 Å². The molecule has 1 aliphatic carbocycles. The molecule has 4 heteroatoms. The highest BCUT2D eigenvalue weighted by Crippen LogP contribution is 2.35. The van der Waals surface area contributed by atoms with Crippen molar-refractivity contribution in [1.29, 1.82) is 0 Å². The number of halogens is 2. The molecule has 0 spiro atoms. The summed E-state index contributed by atoms with van der Waals surface area (Å²) in [6.45, 7) is 2.00. The Morgan fingerprint density at radius 2 is 2.07 bits per heavy atom. The fourth-order valence-electron chi connectivity index (χ4n) is 1.66. The minimum atomic E-state index is -0.708. The molecule has 1 aromatic rings. The molecular weight excluding hydrogens is 198 g/mol. The first-order chi connectivity index (χ1) is 7.08. The molecule has 82 valence electrons. The highest BCUT2D eigenvalue weighted by molar-refractivity contribution is 5.67. The Labute approximate surface area is 87.5 Å². The molecule has 1 fully saturated rings. The summed E-state index contributed by atoms with van der Waals surface area (Å²) in [5.41, 5.74) is 5.86. The van der Waals surface area contributed by atoms with E-state index in [2.05, 4.69) is 5.32 Å². The van der Waals surface area contributed by atoms with Crippen LogP contribution in [-0.4, -0.2) is 6.04 Å². The first-order valence-electron chi connectivity index (χ1n) is 5.09. The summed E-state index contributed by atoms with van der Waals surface area (Å²) in [5, 5.41) is 3.05. The average Bonchev–Trinajstić information content (AvgIpc) is 2.96. The summed E-state index contributed by atoms with van der Waals surface area (Å²) >= 11 is 0. The molecule has 2 rings (SSSR count). The molecule has 3 N–H and O–H groups in total. The van der Waals surface area contributed by atoms with Crippen molar-refractivity contribution >= 4 is 11.4 Å². The zero-order valence-electron chi connectivity index (χ0n) is 8.56. The number of rotatable bonds is 3. The third kappa shape index (κ3) is 2.19. The molecule has 1 atom stereocenters. The number of benzene rings is 1. The van der Waals surface area contributed by atoms with Crippen LogP contribution in [0.3, 0.4) is 0 Å². The maximum absolute atomic E-state index is 13.1. The van der Waals surface area contributed by atoms with Crippen molar-refractivity contribution in [2.45, 2.75) is 25.8 Å². The number of nitrogens with one attached hydrogen (secondary N) is 1. The quantitative estimate of drug-likeness (QED) is 0.756. The van der Waals surface area contributed by atoms with Crippen LogP contribution >= 0.6 is 0 Å². The standard InChI is InChI=1S/C11H14F2N2/c1-6(7-2-3-7)15-10-5-8(12)4-9(13)11(10)14/h4-7,15H,2-3,14H2,1H3. The Morgan fingerprint density at radius 3 is 2.67 bits per heavy atom. The van der Waals surface area contributed by atoms with Gasteiger partial charge in [-0.15, -0.1) is 0 Å². The van der Waals surface area contributed by atoms with E-state index in [0.717, 1.165) is 6.07 Å². The highest BCUT2D eigenvalue weighted by Gasteiger charge is 2.28. The molecule has 0 amide bonds. The Kier molecular flexibility index (Phi) is 2.50. The van der Waals surface area contributed by atoms with E-state index in [4.69, 9.17) is 5.73 Å².